The number of hydrogen-bond donors (Lipinski definition) is 1. The molecule has 0 saturated heterocycles. The summed E-state index contributed by atoms with van der Waals surface area (Å²) >= 11 is 0. The Hall–Kier alpha value is -3.50. The number of halogens is 3. The average molecular weight is 446 g/mol. The average Bonchev–Trinajstić information content (AvgIpc) is 3.38. The minimum atomic E-state index is -4.47. The summed E-state index contributed by atoms with van der Waals surface area (Å²) in [6.07, 6.45) is 0.116. The number of aryl methyl sites for hydroxylation is 1. The minimum Gasteiger partial charge on any atom is -0.472 e. The van der Waals surface area contributed by atoms with Crippen LogP contribution in [-0.4, -0.2) is 43.0 Å². The van der Waals surface area contributed by atoms with Crippen LogP contribution in [0.2, 0.25) is 0 Å². The fraction of sp³-hybridized carbons (Fsp3) is 0.381. The lowest BCUT2D eigenvalue weighted by atomic mass is 10.1. The number of hydrogen-bond acceptors (Lipinski definition) is 6. The Balaban J connectivity index is 1.51. The molecule has 0 aliphatic heterocycles. The SMILES string of the molecule is Cc1ccc(-n2nccn2)c(C(=O)NC2CC(C)CC2Oc2ccc(C(F)(F)F)cn2)n1. The summed E-state index contributed by atoms with van der Waals surface area (Å²) in [6.45, 7) is 3.80. The van der Waals surface area contributed by atoms with Crippen molar-refractivity contribution in [3.8, 4) is 11.6 Å². The van der Waals surface area contributed by atoms with Crippen molar-refractivity contribution in [1.29, 1.82) is 0 Å². The van der Waals surface area contributed by atoms with E-state index in [2.05, 4.69) is 25.5 Å². The van der Waals surface area contributed by atoms with Gasteiger partial charge < -0.3 is 10.1 Å². The van der Waals surface area contributed by atoms with Crippen LogP contribution in [-0.2, 0) is 6.18 Å². The van der Waals surface area contributed by atoms with E-state index >= 15 is 0 Å². The predicted molar refractivity (Wildman–Crippen MR) is 107 cm³/mol. The quantitative estimate of drug-likeness (QED) is 0.646. The number of carbonyl (C=O) groups is 1. The number of ether oxygens (including phenoxy) is 1. The van der Waals surface area contributed by atoms with Crippen LogP contribution in [0.15, 0.2) is 42.9 Å². The van der Waals surface area contributed by atoms with Crippen molar-refractivity contribution in [3.63, 3.8) is 0 Å². The number of amides is 1. The molecule has 0 bridgehead atoms. The third kappa shape index (κ3) is 4.71. The Kier molecular flexibility index (Phi) is 5.81. The van der Waals surface area contributed by atoms with Crippen molar-refractivity contribution in [2.24, 2.45) is 5.92 Å². The number of pyridine rings is 2. The van der Waals surface area contributed by atoms with E-state index in [9.17, 15) is 18.0 Å². The topological polar surface area (TPSA) is 94.8 Å². The van der Waals surface area contributed by atoms with Crippen LogP contribution in [0.4, 0.5) is 13.2 Å². The molecule has 0 spiro atoms. The van der Waals surface area contributed by atoms with E-state index in [0.717, 1.165) is 12.3 Å². The van der Waals surface area contributed by atoms with Gasteiger partial charge in [0.15, 0.2) is 5.69 Å². The van der Waals surface area contributed by atoms with Gasteiger partial charge in [-0.3, -0.25) is 4.79 Å². The van der Waals surface area contributed by atoms with Crippen molar-refractivity contribution in [2.45, 2.75) is 45.0 Å². The van der Waals surface area contributed by atoms with E-state index in [1.807, 2.05) is 6.92 Å². The molecule has 1 fully saturated rings. The smallest absolute Gasteiger partial charge is 0.417 e. The molecule has 3 atom stereocenters. The maximum Gasteiger partial charge on any atom is 0.417 e. The first kappa shape index (κ1) is 21.7. The number of rotatable bonds is 5. The Bertz CT molecular complexity index is 1090. The maximum absolute atomic E-state index is 13.1. The highest BCUT2D eigenvalue weighted by molar-refractivity contribution is 5.96. The highest BCUT2D eigenvalue weighted by Crippen LogP contribution is 2.32. The van der Waals surface area contributed by atoms with Crippen LogP contribution in [0.1, 0.15) is 41.5 Å². The molecule has 1 saturated carbocycles. The molecule has 11 heteroatoms. The molecule has 0 radical (unpaired) electrons. The molecule has 32 heavy (non-hydrogen) atoms. The highest BCUT2D eigenvalue weighted by atomic mass is 19.4. The summed E-state index contributed by atoms with van der Waals surface area (Å²) in [6, 6.07) is 5.23. The van der Waals surface area contributed by atoms with E-state index in [1.54, 1.807) is 19.1 Å². The van der Waals surface area contributed by atoms with E-state index in [-0.39, 0.29) is 23.5 Å². The summed E-state index contributed by atoms with van der Waals surface area (Å²) in [4.78, 5) is 22.5. The lowest BCUT2D eigenvalue weighted by Crippen LogP contribution is -2.43. The Labute approximate surface area is 181 Å². The van der Waals surface area contributed by atoms with Crippen molar-refractivity contribution in [2.75, 3.05) is 0 Å². The lowest BCUT2D eigenvalue weighted by Gasteiger charge is -2.22. The van der Waals surface area contributed by atoms with Gasteiger partial charge in [0.25, 0.3) is 5.91 Å². The molecule has 0 aromatic carbocycles. The second kappa shape index (κ2) is 8.56. The van der Waals surface area contributed by atoms with Crippen LogP contribution >= 0.6 is 0 Å². The van der Waals surface area contributed by atoms with Gasteiger partial charge in [-0.15, -0.1) is 4.80 Å². The second-order valence-corrected chi connectivity index (χ2v) is 7.83. The molecule has 1 N–H and O–H groups in total. The molecule has 3 aromatic rings. The molecule has 1 amide bonds. The van der Waals surface area contributed by atoms with E-state index in [4.69, 9.17) is 4.74 Å². The standard InChI is InChI=1S/C21H21F3N6O2/c1-12-9-15(17(10-12)32-18-6-4-14(11-25-18)21(22,23)24)29-20(31)19-16(5-3-13(2)28-19)30-26-7-8-27-30/h3-8,11-12,15,17H,9-10H2,1-2H3,(H,29,31). The molecule has 3 unspecified atom stereocenters. The van der Waals surface area contributed by atoms with Crippen LogP contribution in [0.5, 0.6) is 5.88 Å². The van der Waals surface area contributed by atoms with Crippen molar-refractivity contribution >= 4 is 5.91 Å². The summed E-state index contributed by atoms with van der Waals surface area (Å²) in [5.74, 6) is -0.0852. The van der Waals surface area contributed by atoms with Gasteiger partial charge in [-0.05, 0) is 43.9 Å². The van der Waals surface area contributed by atoms with Gasteiger partial charge in [0.05, 0.1) is 24.0 Å². The van der Waals surface area contributed by atoms with Gasteiger partial charge in [-0.1, -0.05) is 6.92 Å². The molecular formula is C21H21F3N6O2. The fourth-order valence-corrected chi connectivity index (χ4v) is 3.75. The lowest BCUT2D eigenvalue weighted by molar-refractivity contribution is -0.137. The predicted octanol–water partition coefficient (Wildman–Crippen LogP) is 3.36. The third-order valence-corrected chi connectivity index (χ3v) is 5.25. The Morgan fingerprint density at radius 2 is 1.91 bits per heavy atom. The van der Waals surface area contributed by atoms with Crippen molar-refractivity contribution < 1.29 is 22.7 Å². The Morgan fingerprint density at radius 1 is 1.16 bits per heavy atom. The molecule has 1 aliphatic carbocycles. The van der Waals surface area contributed by atoms with Gasteiger partial charge in [0.1, 0.15) is 11.8 Å². The molecule has 8 nitrogen and oxygen atoms in total. The first-order chi connectivity index (χ1) is 15.2. The number of nitrogens with one attached hydrogen (secondary N) is 1. The molecular weight excluding hydrogens is 425 g/mol. The van der Waals surface area contributed by atoms with Gasteiger partial charge in [0, 0.05) is 18.0 Å². The third-order valence-electron chi connectivity index (χ3n) is 5.25. The van der Waals surface area contributed by atoms with Crippen LogP contribution < -0.4 is 10.1 Å². The zero-order chi connectivity index (χ0) is 22.9. The van der Waals surface area contributed by atoms with Crippen LogP contribution in [0.25, 0.3) is 5.69 Å². The zero-order valence-corrected chi connectivity index (χ0v) is 17.4. The minimum absolute atomic E-state index is 0.0754. The Morgan fingerprint density at radius 3 is 2.56 bits per heavy atom. The van der Waals surface area contributed by atoms with E-state index in [0.29, 0.717) is 24.2 Å². The normalized spacial score (nSPS) is 20.8. The number of alkyl halides is 3. The summed E-state index contributed by atoms with van der Waals surface area (Å²) < 4.78 is 44.1. The van der Waals surface area contributed by atoms with Crippen molar-refractivity contribution in [3.05, 3.63) is 59.8 Å². The molecule has 3 aromatic heterocycles. The fourth-order valence-electron chi connectivity index (χ4n) is 3.75. The van der Waals surface area contributed by atoms with E-state index < -0.39 is 23.8 Å². The molecule has 1 aliphatic rings. The van der Waals surface area contributed by atoms with Crippen molar-refractivity contribution in [1.82, 2.24) is 30.3 Å². The summed E-state index contributed by atoms with van der Waals surface area (Å²) in [5, 5.41) is 11.1. The number of carbonyl (C=O) groups excluding carboxylic acids is 1. The number of nitrogens with zero attached hydrogens (tertiary/aromatic N) is 5. The van der Waals surface area contributed by atoms with Gasteiger partial charge in [-0.25, -0.2) is 9.97 Å². The van der Waals surface area contributed by atoms with Gasteiger partial charge in [0.2, 0.25) is 5.88 Å². The summed E-state index contributed by atoms with van der Waals surface area (Å²) in [7, 11) is 0. The zero-order valence-electron chi connectivity index (χ0n) is 17.4. The molecule has 168 valence electrons. The monoisotopic (exact) mass is 446 g/mol. The largest absolute Gasteiger partial charge is 0.472 e. The summed E-state index contributed by atoms with van der Waals surface area (Å²) in [5.41, 5.74) is 0.422. The second-order valence-electron chi connectivity index (χ2n) is 7.83. The van der Waals surface area contributed by atoms with Gasteiger partial charge in [-0.2, -0.15) is 23.4 Å². The molecule has 4 rings (SSSR count). The molecule has 3 heterocycles. The number of aromatic nitrogens is 5. The van der Waals surface area contributed by atoms with Gasteiger partial charge >= 0.3 is 6.18 Å². The first-order valence-corrected chi connectivity index (χ1v) is 10.1. The van der Waals surface area contributed by atoms with Crippen LogP contribution in [0, 0.1) is 12.8 Å². The van der Waals surface area contributed by atoms with E-state index in [1.165, 1.54) is 23.3 Å². The highest BCUT2D eigenvalue weighted by Gasteiger charge is 2.36. The first-order valence-electron chi connectivity index (χ1n) is 10.1. The van der Waals surface area contributed by atoms with Crippen LogP contribution in [0.3, 0.4) is 0 Å². The maximum atomic E-state index is 13.1.